The van der Waals surface area contributed by atoms with Gasteiger partial charge in [0.1, 0.15) is 24.5 Å². The lowest BCUT2D eigenvalue weighted by Crippen LogP contribution is -2.55. The van der Waals surface area contributed by atoms with Gasteiger partial charge in [0.15, 0.2) is 0 Å². The van der Waals surface area contributed by atoms with Crippen LogP contribution in [0.5, 0.6) is 0 Å². The number of carbonyl (C=O) groups excluding carboxylic acids is 4. The number of rotatable bonds is 7. The highest BCUT2D eigenvalue weighted by molar-refractivity contribution is 5.91. The van der Waals surface area contributed by atoms with Crippen molar-refractivity contribution in [1.82, 2.24) is 15.1 Å². The number of hydrogen-bond donors (Lipinski definition) is 2. The second-order valence-corrected chi connectivity index (χ2v) is 9.79. The van der Waals surface area contributed by atoms with E-state index in [0.717, 1.165) is 12.0 Å². The molecule has 2 heterocycles. The normalized spacial score (nSPS) is 21.7. The lowest BCUT2D eigenvalue weighted by atomic mass is 10.0. The first-order valence-electron chi connectivity index (χ1n) is 11.9. The molecule has 2 aliphatic heterocycles. The highest BCUT2D eigenvalue weighted by Gasteiger charge is 2.41. The lowest BCUT2D eigenvalue weighted by Gasteiger charge is -2.30. The second kappa shape index (κ2) is 11.0. The Morgan fingerprint density at radius 2 is 1.79 bits per heavy atom. The molecule has 9 heteroatoms. The third-order valence-electron chi connectivity index (χ3n) is 6.53. The van der Waals surface area contributed by atoms with Crippen molar-refractivity contribution >= 4 is 24.2 Å². The number of carbonyl (C=O) groups is 4. The van der Waals surface area contributed by atoms with Crippen LogP contribution < -0.4 is 5.32 Å². The van der Waals surface area contributed by atoms with E-state index < -0.39 is 42.2 Å². The quantitative estimate of drug-likeness (QED) is 0.580. The number of nitrogens with zero attached hydrogens (tertiary/aromatic N) is 2. The van der Waals surface area contributed by atoms with Crippen molar-refractivity contribution in [2.45, 2.75) is 71.4 Å². The van der Waals surface area contributed by atoms with E-state index in [2.05, 4.69) is 11.4 Å². The number of benzene rings is 1. The van der Waals surface area contributed by atoms with Crippen molar-refractivity contribution in [3.63, 3.8) is 0 Å². The Balaban J connectivity index is 1.63. The van der Waals surface area contributed by atoms with E-state index in [1.165, 1.54) is 10.5 Å². The van der Waals surface area contributed by atoms with Gasteiger partial charge < -0.3 is 29.8 Å². The number of aliphatic hydroxyl groups excluding tert-OH is 1. The molecule has 1 aromatic rings. The van der Waals surface area contributed by atoms with Crippen molar-refractivity contribution in [2.75, 3.05) is 13.1 Å². The summed E-state index contributed by atoms with van der Waals surface area (Å²) in [7, 11) is 0. The molecule has 9 nitrogen and oxygen atoms in total. The summed E-state index contributed by atoms with van der Waals surface area (Å²) in [5.41, 5.74) is 2.30. The molecule has 3 rings (SSSR count). The average molecular weight is 474 g/mol. The molecule has 0 unspecified atom stereocenters. The van der Waals surface area contributed by atoms with Gasteiger partial charge in [0.05, 0.1) is 12.6 Å². The molecule has 2 aliphatic rings. The summed E-state index contributed by atoms with van der Waals surface area (Å²) in [5.74, 6) is -1.62. The molecule has 4 atom stereocenters. The van der Waals surface area contributed by atoms with Gasteiger partial charge in [-0.2, -0.15) is 0 Å². The van der Waals surface area contributed by atoms with Crippen molar-refractivity contribution in [3.8, 4) is 0 Å². The van der Waals surface area contributed by atoms with Crippen LogP contribution >= 0.6 is 0 Å². The monoisotopic (exact) mass is 473 g/mol. The van der Waals surface area contributed by atoms with Gasteiger partial charge in [-0.3, -0.25) is 9.59 Å². The summed E-state index contributed by atoms with van der Waals surface area (Å²) in [6, 6.07) is 6.30. The van der Waals surface area contributed by atoms with Gasteiger partial charge in [0.25, 0.3) is 0 Å². The van der Waals surface area contributed by atoms with Gasteiger partial charge in [-0.25, -0.2) is 4.79 Å². The molecule has 0 saturated carbocycles. The average Bonchev–Trinajstić information content (AvgIpc) is 3.23. The van der Waals surface area contributed by atoms with Crippen LogP contribution in [0.1, 0.15) is 45.2 Å². The zero-order chi connectivity index (χ0) is 25.0. The maximum absolute atomic E-state index is 13.3. The Morgan fingerprint density at radius 3 is 2.41 bits per heavy atom. The summed E-state index contributed by atoms with van der Waals surface area (Å²) >= 11 is 0. The molecule has 186 valence electrons. The molecule has 1 aromatic carbocycles. The Bertz CT molecular complexity index is 918. The highest BCUT2D eigenvalue weighted by Crippen LogP contribution is 2.24. The second-order valence-electron chi connectivity index (χ2n) is 9.79. The molecular weight excluding hydrogens is 438 g/mol. The number of aliphatic hydroxyl groups is 1. The van der Waals surface area contributed by atoms with Crippen LogP contribution in [0.4, 0.5) is 4.79 Å². The van der Waals surface area contributed by atoms with Crippen LogP contribution in [0, 0.1) is 11.8 Å². The van der Waals surface area contributed by atoms with Gasteiger partial charge in [-0.15, -0.1) is 0 Å². The third kappa shape index (κ3) is 5.75. The van der Waals surface area contributed by atoms with Crippen molar-refractivity contribution in [3.05, 3.63) is 35.4 Å². The standard InChI is InChI=1S/C25H35N3O6/c1-15(2)21(26-23(31)22(30)16(3)4)24(32)28-13-20(11-19(28)14-29)34-25(33)27-10-9-17-7-5-6-8-18(17)12-27/h5-8,14-16,19-22,30H,9-13H2,1-4H3,(H,26,31)/t19-,20+,21-,22-/m0/s1. The van der Waals surface area contributed by atoms with Crippen molar-refractivity contribution < 1.29 is 29.0 Å². The topological polar surface area (TPSA) is 116 Å². The highest BCUT2D eigenvalue weighted by atomic mass is 16.6. The number of likely N-dealkylation sites (tertiary alicyclic amines) is 1. The molecule has 1 fully saturated rings. The largest absolute Gasteiger partial charge is 0.444 e. The maximum atomic E-state index is 13.3. The summed E-state index contributed by atoms with van der Waals surface area (Å²) < 4.78 is 5.68. The summed E-state index contributed by atoms with van der Waals surface area (Å²) in [4.78, 5) is 53.2. The zero-order valence-corrected chi connectivity index (χ0v) is 20.3. The van der Waals surface area contributed by atoms with E-state index >= 15 is 0 Å². The van der Waals surface area contributed by atoms with Gasteiger partial charge in [-0.1, -0.05) is 52.0 Å². The van der Waals surface area contributed by atoms with Crippen LogP contribution in [-0.4, -0.2) is 76.5 Å². The number of aldehydes is 1. The van der Waals surface area contributed by atoms with E-state index in [4.69, 9.17) is 4.74 Å². The molecule has 3 amide bonds. The van der Waals surface area contributed by atoms with Crippen LogP contribution in [-0.2, 0) is 32.1 Å². The van der Waals surface area contributed by atoms with Gasteiger partial charge in [0.2, 0.25) is 11.8 Å². The molecule has 0 radical (unpaired) electrons. The Morgan fingerprint density at radius 1 is 1.12 bits per heavy atom. The van der Waals surface area contributed by atoms with Gasteiger partial charge in [-0.05, 0) is 29.4 Å². The Labute approximate surface area is 200 Å². The molecule has 2 N–H and O–H groups in total. The lowest BCUT2D eigenvalue weighted by molar-refractivity contribution is -0.142. The predicted molar refractivity (Wildman–Crippen MR) is 125 cm³/mol. The fourth-order valence-corrected chi connectivity index (χ4v) is 4.40. The number of fused-ring (bicyclic) bond motifs is 1. The number of nitrogens with one attached hydrogen (secondary N) is 1. The molecule has 1 saturated heterocycles. The van der Waals surface area contributed by atoms with Crippen molar-refractivity contribution in [2.24, 2.45) is 11.8 Å². The van der Waals surface area contributed by atoms with E-state index in [9.17, 15) is 24.3 Å². The minimum Gasteiger partial charge on any atom is -0.444 e. The van der Waals surface area contributed by atoms with Gasteiger partial charge >= 0.3 is 6.09 Å². The SMILES string of the molecule is CC(C)[C@H](O)C(=O)N[C@H](C(=O)N1C[C@H](OC(=O)N2CCc3ccccc3C2)C[C@H]1C=O)C(C)C. The minimum atomic E-state index is -1.24. The number of ether oxygens (including phenoxy) is 1. The molecular formula is C25H35N3O6. The van der Waals surface area contributed by atoms with Crippen LogP contribution in [0.2, 0.25) is 0 Å². The first-order valence-corrected chi connectivity index (χ1v) is 11.9. The van der Waals surface area contributed by atoms with Crippen molar-refractivity contribution in [1.29, 1.82) is 0 Å². The van der Waals surface area contributed by atoms with Crippen LogP contribution in [0.25, 0.3) is 0 Å². The molecule has 0 aliphatic carbocycles. The first-order chi connectivity index (χ1) is 16.1. The fraction of sp³-hybridized carbons (Fsp3) is 0.600. The zero-order valence-electron chi connectivity index (χ0n) is 20.3. The van der Waals surface area contributed by atoms with Gasteiger partial charge in [0, 0.05) is 19.5 Å². The fourth-order valence-electron chi connectivity index (χ4n) is 4.40. The first kappa shape index (κ1) is 25.7. The van der Waals surface area contributed by atoms with Crippen LogP contribution in [0.3, 0.4) is 0 Å². The van der Waals surface area contributed by atoms with E-state index in [1.54, 1.807) is 32.6 Å². The van der Waals surface area contributed by atoms with E-state index in [0.29, 0.717) is 19.4 Å². The maximum Gasteiger partial charge on any atom is 0.410 e. The molecule has 34 heavy (non-hydrogen) atoms. The molecule has 0 bridgehead atoms. The molecule has 0 spiro atoms. The van der Waals surface area contributed by atoms with E-state index in [-0.39, 0.29) is 24.8 Å². The molecule has 0 aromatic heterocycles. The Hall–Kier alpha value is -2.94. The summed E-state index contributed by atoms with van der Waals surface area (Å²) in [6.07, 6.45) is -0.696. The smallest absolute Gasteiger partial charge is 0.410 e. The summed E-state index contributed by atoms with van der Waals surface area (Å²) in [5, 5.41) is 12.7. The van der Waals surface area contributed by atoms with Crippen LogP contribution in [0.15, 0.2) is 24.3 Å². The Kier molecular flexibility index (Phi) is 8.30. The predicted octanol–water partition coefficient (Wildman–Crippen LogP) is 1.51. The number of amides is 3. The number of hydrogen-bond acceptors (Lipinski definition) is 6. The summed E-state index contributed by atoms with van der Waals surface area (Å²) in [6.45, 7) is 8.05. The minimum absolute atomic E-state index is 0.0736. The van der Waals surface area contributed by atoms with E-state index in [1.807, 2.05) is 18.2 Å². The third-order valence-corrected chi connectivity index (χ3v) is 6.53.